The SMILES string of the molecule is CP(C)(=O)c1ccc(C(=O)N[C@@H]2CCC[C@H](Nc3cc(C(F)(F)F)nc4ccc(Cl)cc34)C2)cc1. The van der Waals surface area contributed by atoms with E-state index in [1.807, 2.05) is 0 Å². The first-order valence-corrected chi connectivity index (χ1v) is 14.3. The number of anilines is 1. The molecule has 0 spiro atoms. The van der Waals surface area contributed by atoms with Gasteiger partial charge in [0, 0.05) is 39.0 Å². The maximum absolute atomic E-state index is 13.4. The summed E-state index contributed by atoms with van der Waals surface area (Å²) in [6.45, 7) is 3.35. The lowest BCUT2D eigenvalue weighted by Crippen LogP contribution is -2.41. The van der Waals surface area contributed by atoms with Crippen LogP contribution in [0.5, 0.6) is 0 Å². The van der Waals surface area contributed by atoms with Crippen LogP contribution in [0.1, 0.15) is 41.7 Å². The monoisotopic (exact) mass is 523 g/mol. The normalized spacial score (nSPS) is 18.9. The molecule has 35 heavy (non-hydrogen) atoms. The van der Waals surface area contributed by atoms with Crippen LogP contribution in [0.25, 0.3) is 10.9 Å². The Morgan fingerprint density at radius 1 is 1.06 bits per heavy atom. The first-order valence-electron chi connectivity index (χ1n) is 11.3. The minimum Gasteiger partial charge on any atom is -0.382 e. The molecule has 186 valence electrons. The Balaban J connectivity index is 1.49. The summed E-state index contributed by atoms with van der Waals surface area (Å²) in [7, 11) is -2.40. The molecule has 1 fully saturated rings. The van der Waals surface area contributed by atoms with Gasteiger partial charge in [0.1, 0.15) is 12.8 Å². The summed E-state index contributed by atoms with van der Waals surface area (Å²) in [5, 5.41) is 7.91. The number of carbonyl (C=O) groups excluding carboxylic acids is 1. The van der Waals surface area contributed by atoms with Gasteiger partial charge in [-0.25, -0.2) is 4.98 Å². The average molecular weight is 524 g/mol. The van der Waals surface area contributed by atoms with Crippen molar-refractivity contribution in [3.63, 3.8) is 0 Å². The second kappa shape index (κ2) is 9.82. The molecule has 0 bridgehead atoms. The zero-order chi connectivity index (χ0) is 25.4. The summed E-state index contributed by atoms with van der Waals surface area (Å²) < 4.78 is 52.5. The summed E-state index contributed by atoms with van der Waals surface area (Å²) in [6, 6.07) is 12.1. The third kappa shape index (κ3) is 6.17. The molecule has 1 heterocycles. The van der Waals surface area contributed by atoms with Gasteiger partial charge in [-0.15, -0.1) is 0 Å². The fourth-order valence-electron chi connectivity index (χ4n) is 4.38. The van der Waals surface area contributed by atoms with Gasteiger partial charge in [0.05, 0.1) is 5.52 Å². The maximum atomic E-state index is 13.4. The van der Waals surface area contributed by atoms with Crippen molar-refractivity contribution in [2.24, 2.45) is 0 Å². The Morgan fingerprint density at radius 3 is 2.40 bits per heavy atom. The van der Waals surface area contributed by atoms with Crippen molar-refractivity contribution in [1.82, 2.24) is 10.3 Å². The smallest absolute Gasteiger partial charge is 0.382 e. The zero-order valence-electron chi connectivity index (χ0n) is 19.3. The number of pyridine rings is 1. The van der Waals surface area contributed by atoms with Gasteiger partial charge in [0.15, 0.2) is 0 Å². The van der Waals surface area contributed by atoms with Crippen molar-refractivity contribution in [1.29, 1.82) is 0 Å². The lowest BCUT2D eigenvalue weighted by atomic mass is 9.90. The van der Waals surface area contributed by atoms with Gasteiger partial charge in [-0.3, -0.25) is 4.79 Å². The van der Waals surface area contributed by atoms with E-state index < -0.39 is 19.0 Å². The van der Waals surface area contributed by atoms with Crippen molar-refractivity contribution in [2.75, 3.05) is 18.6 Å². The number of carbonyl (C=O) groups is 1. The first-order chi connectivity index (χ1) is 16.4. The Hall–Kier alpha value is -2.57. The van der Waals surface area contributed by atoms with Crippen LogP contribution in [0.15, 0.2) is 48.5 Å². The number of halogens is 4. The van der Waals surface area contributed by atoms with Crippen molar-refractivity contribution >= 4 is 46.5 Å². The van der Waals surface area contributed by atoms with Gasteiger partial charge in [0.25, 0.3) is 5.91 Å². The number of amides is 1. The van der Waals surface area contributed by atoms with Crippen LogP contribution in [0.3, 0.4) is 0 Å². The quantitative estimate of drug-likeness (QED) is 0.385. The highest BCUT2D eigenvalue weighted by Gasteiger charge is 2.34. The second-order valence-electron chi connectivity index (χ2n) is 9.29. The number of rotatable bonds is 5. The molecule has 1 aliphatic rings. The van der Waals surface area contributed by atoms with E-state index in [4.69, 9.17) is 11.6 Å². The van der Waals surface area contributed by atoms with Gasteiger partial charge in [-0.1, -0.05) is 23.7 Å². The van der Waals surface area contributed by atoms with E-state index in [0.29, 0.717) is 33.4 Å². The van der Waals surface area contributed by atoms with Crippen LogP contribution in [-0.2, 0) is 10.7 Å². The van der Waals surface area contributed by atoms with Crippen LogP contribution in [-0.4, -0.2) is 36.3 Å². The van der Waals surface area contributed by atoms with E-state index in [9.17, 15) is 22.5 Å². The third-order valence-electron chi connectivity index (χ3n) is 6.18. The average Bonchev–Trinajstić information content (AvgIpc) is 2.78. The van der Waals surface area contributed by atoms with E-state index in [0.717, 1.165) is 25.3 Å². The molecule has 10 heteroatoms. The van der Waals surface area contributed by atoms with Gasteiger partial charge < -0.3 is 15.2 Å². The molecule has 2 aromatic carbocycles. The Kier molecular flexibility index (Phi) is 7.16. The highest BCUT2D eigenvalue weighted by atomic mass is 35.5. The molecule has 1 aliphatic carbocycles. The number of benzene rings is 2. The number of hydrogen-bond acceptors (Lipinski definition) is 4. The van der Waals surface area contributed by atoms with Crippen molar-refractivity contribution in [3.8, 4) is 0 Å². The maximum Gasteiger partial charge on any atom is 0.433 e. The molecular weight excluding hydrogens is 498 g/mol. The van der Waals surface area contributed by atoms with Crippen molar-refractivity contribution in [2.45, 2.75) is 43.9 Å². The second-order valence-corrected chi connectivity index (χ2v) is 12.9. The molecule has 0 radical (unpaired) electrons. The van der Waals surface area contributed by atoms with Crippen LogP contribution >= 0.6 is 18.7 Å². The van der Waals surface area contributed by atoms with E-state index in [2.05, 4.69) is 15.6 Å². The zero-order valence-corrected chi connectivity index (χ0v) is 21.0. The lowest BCUT2D eigenvalue weighted by Gasteiger charge is -2.31. The number of nitrogens with zero attached hydrogens (tertiary/aromatic N) is 1. The summed E-state index contributed by atoms with van der Waals surface area (Å²) in [6.07, 6.45) is -1.67. The van der Waals surface area contributed by atoms with Crippen LogP contribution in [0, 0.1) is 0 Å². The van der Waals surface area contributed by atoms with E-state index in [1.54, 1.807) is 43.7 Å². The molecule has 4 rings (SSSR count). The summed E-state index contributed by atoms with van der Waals surface area (Å²) in [5.41, 5.74) is 0.0324. The number of alkyl halides is 3. The lowest BCUT2D eigenvalue weighted by molar-refractivity contribution is -0.140. The van der Waals surface area contributed by atoms with Gasteiger partial charge in [-0.05, 0) is 75.4 Å². The molecule has 5 nitrogen and oxygen atoms in total. The Labute approximate surface area is 206 Å². The highest BCUT2D eigenvalue weighted by Crippen LogP contribution is 2.36. The van der Waals surface area contributed by atoms with E-state index >= 15 is 0 Å². The van der Waals surface area contributed by atoms with Crippen LogP contribution in [0.4, 0.5) is 18.9 Å². The van der Waals surface area contributed by atoms with Gasteiger partial charge in [0.2, 0.25) is 0 Å². The number of hydrogen-bond donors (Lipinski definition) is 2. The summed E-state index contributed by atoms with van der Waals surface area (Å²) in [4.78, 5) is 16.5. The minimum absolute atomic E-state index is 0.129. The molecular formula is C25H26ClF3N3O2P. The fourth-order valence-corrected chi connectivity index (χ4v) is 5.41. The molecule has 2 atom stereocenters. The Morgan fingerprint density at radius 2 is 1.74 bits per heavy atom. The molecule has 2 N–H and O–H groups in total. The largest absolute Gasteiger partial charge is 0.433 e. The molecule has 1 aromatic heterocycles. The molecule has 0 saturated heterocycles. The minimum atomic E-state index is -4.58. The van der Waals surface area contributed by atoms with Crippen LogP contribution < -0.4 is 15.9 Å². The number of nitrogens with one attached hydrogen (secondary N) is 2. The third-order valence-corrected chi connectivity index (χ3v) is 7.96. The molecule has 0 unspecified atom stereocenters. The standard InChI is InChI=1S/C25H26ClF3N3O2P/c1-35(2,34)19-9-6-15(7-10-19)24(33)31-18-5-3-4-17(13-18)30-22-14-23(25(27,28)29)32-21-11-8-16(26)12-20(21)22/h6-12,14,17-18H,3-5,13H2,1-2H3,(H,30,32)(H,31,33)/t17-,18+/m0/s1. The summed E-state index contributed by atoms with van der Waals surface area (Å²) in [5.74, 6) is -0.232. The van der Waals surface area contributed by atoms with Crippen LogP contribution in [0.2, 0.25) is 5.02 Å². The van der Waals surface area contributed by atoms with E-state index in [1.165, 1.54) is 12.1 Å². The first kappa shape index (κ1) is 25.5. The summed E-state index contributed by atoms with van der Waals surface area (Å²) >= 11 is 6.10. The topological polar surface area (TPSA) is 71.1 Å². The van der Waals surface area contributed by atoms with Gasteiger partial charge in [-0.2, -0.15) is 13.2 Å². The number of aromatic nitrogens is 1. The van der Waals surface area contributed by atoms with Gasteiger partial charge >= 0.3 is 6.18 Å². The highest BCUT2D eigenvalue weighted by molar-refractivity contribution is 7.70. The fraction of sp³-hybridized carbons (Fsp3) is 0.360. The van der Waals surface area contributed by atoms with E-state index in [-0.39, 0.29) is 23.5 Å². The molecule has 1 saturated carbocycles. The van der Waals surface area contributed by atoms with Crippen molar-refractivity contribution in [3.05, 3.63) is 64.8 Å². The predicted molar refractivity (Wildman–Crippen MR) is 134 cm³/mol. The molecule has 1 amide bonds. The predicted octanol–water partition coefficient (Wildman–Crippen LogP) is 6.31. The Bertz CT molecular complexity index is 1290. The number of fused-ring (bicyclic) bond motifs is 1. The molecule has 0 aliphatic heterocycles. The molecule has 3 aromatic rings. The van der Waals surface area contributed by atoms with Crippen molar-refractivity contribution < 1.29 is 22.5 Å².